The van der Waals surface area contributed by atoms with Gasteiger partial charge < -0.3 is 5.32 Å². The molecule has 0 atom stereocenters. The Labute approximate surface area is 112 Å². The number of anilines is 1. The van der Waals surface area contributed by atoms with Crippen LogP contribution in [0.3, 0.4) is 0 Å². The van der Waals surface area contributed by atoms with E-state index in [0.717, 1.165) is 12.1 Å². The molecule has 1 heterocycles. The average molecular weight is 285 g/mol. The lowest BCUT2D eigenvalue weighted by molar-refractivity contribution is -0.139. The van der Waals surface area contributed by atoms with Crippen LogP contribution in [0.5, 0.6) is 0 Å². The molecule has 0 bridgehead atoms. The Kier molecular flexibility index (Phi) is 3.87. The molecule has 0 saturated heterocycles. The van der Waals surface area contributed by atoms with Crippen LogP contribution in [0.1, 0.15) is 12.5 Å². The van der Waals surface area contributed by atoms with Crippen LogP contribution in [-0.2, 0) is 6.18 Å². The second-order valence-electron chi connectivity index (χ2n) is 3.99. The minimum absolute atomic E-state index is 0.181. The summed E-state index contributed by atoms with van der Waals surface area (Å²) in [5.74, 6) is -0.995. The lowest BCUT2D eigenvalue weighted by atomic mass is 10.1. The Morgan fingerprint density at radius 3 is 2.60 bits per heavy atom. The van der Waals surface area contributed by atoms with Crippen molar-refractivity contribution in [2.75, 3.05) is 11.9 Å². The third-order valence-electron chi connectivity index (χ3n) is 2.56. The highest BCUT2D eigenvalue weighted by Gasteiger charge is 2.34. The van der Waals surface area contributed by atoms with Gasteiger partial charge in [0.05, 0.1) is 11.3 Å². The van der Waals surface area contributed by atoms with Crippen LogP contribution in [0.4, 0.5) is 23.5 Å². The van der Waals surface area contributed by atoms with E-state index >= 15 is 0 Å². The van der Waals surface area contributed by atoms with Crippen molar-refractivity contribution in [3.63, 3.8) is 0 Å². The first-order valence-corrected chi connectivity index (χ1v) is 5.86. The zero-order valence-electron chi connectivity index (χ0n) is 10.5. The largest absolute Gasteiger partial charge is 0.419 e. The van der Waals surface area contributed by atoms with Gasteiger partial charge in [0.2, 0.25) is 5.95 Å². The van der Waals surface area contributed by atoms with Crippen LogP contribution in [0.15, 0.2) is 30.5 Å². The van der Waals surface area contributed by atoms with Crippen LogP contribution in [0.2, 0.25) is 0 Å². The standard InChI is InChI=1S/C13H11F4N3/c1-2-18-12-19-6-5-11(20-12)8-3-4-10(14)9(7-8)13(15,16)17/h3-7H,2H2,1H3,(H,18,19,20). The molecule has 0 radical (unpaired) electrons. The molecule has 2 rings (SSSR count). The number of nitrogens with zero attached hydrogens (tertiary/aromatic N) is 2. The Morgan fingerprint density at radius 1 is 1.20 bits per heavy atom. The third-order valence-corrected chi connectivity index (χ3v) is 2.56. The van der Waals surface area contributed by atoms with Crippen LogP contribution < -0.4 is 5.32 Å². The molecule has 0 fully saturated rings. The minimum atomic E-state index is -4.74. The van der Waals surface area contributed by atoms with Crippen molar-refractivity contribution in [2.24, 2.45) is 0 Å². The van der Waals surface area contributed by atoms with Crippen LogP contribution in [0, 0.1) is 5.82 Å². The maximum Gasteiger partial charge on any atom is 0.419 e. The van der Waals surface area contributed by atoms with Gasteiger partial charge in [-0.15, -0.1) is 0 Å². The molecular weight excluding hydrogens is 274 g/mol. The number of rotatable bonds is 3. The number of aromatic nitrogens is 2. The molecule has 2 aromatic rings. The Morgan fingerprint density at radius 2 is 1.95 bits per heavy atom. The summed E-state index contributed by atoms with van der Waals surface area (Å²) in [6.07, 6.45) is -3.31. The molecule has 1 N–H and O–H groups in total. The lowest BCUT2D eigenvalue weighted by Crippen LogP contribution is -2.08. The first-order valence-electron chi connectivity index (χ1n) is 5.86. The summed E-state index contributed by atoms with van der Waals surface area (Å²) in [5, 5.41) is 2.86. The number of halogens is 4. The minimum Gasteiger partial charge on any atom is -0.354 e. The molecule has 0 unspecified atom stereocenters. The van der Waals surface area contributed by atoms with Gasteiger partial charge in [0.25, 0.3) is 0 Å². The molecule has 1 aromatic carbocycles. The maximum absolute atomic E-state index is 13.2. The third kappa shape index (κ3) is 3.04. The second kappa shape index (κ2) is 5.44. The van der Waals surface area contributed by atoms with Crippen LogP contribution >= 0.6 is 0 Å². The summed E-state index contributed by atoms with van der Waals surface area (Å²) < 4.78 is 51.2. The lowest BCUT2D eigenvalue weighted by Gasteiger charge is -2.10. The number of benzene rings is 1. The van der Waals surface area contributed by atoms with Gasteiger partial charge in [0.1, 0.15) is 5.82 Å². The van der Waals surface area contributed by atoms with Gasteiger partial charge >= 0.3 is 6.18 Å². The SMILES string of the molecule is CCNc1nccc(-c2ccc(F)c(C(F)(F)F)c2)n1. The van der Waals surface area contributed by atoms with Gasteiger partial charge in [-0.3, -0.25) is 0 Å². The van der Waals surface area contributed by atoms with Gasteiger partial charge in [-0.25, -0.2) is 14.4 Å². The highest BCUT2D eigenvalue weighted by Crippen LogP contribution is 2.33. The van der Waals surface area contributed by atoms with Gasteiger partial charge in [-0.1, -0.05) is 0 Å². The van der Waals surface area contributed by atoms with E-state index in [4.69, 9.17) is 0 Å². The normalized spacial score (nSPS) is 11.4. The first kappa shape index (κ1) is 14.2. The Hall–Kier alpha value is -2.18. The van der Waals surface area contributed by atoms with Crippen molar-refractivity contribution >= 4 is 5.95 Å². The van der Waals surface area contributed by atoms with Crippen molar-refractivity contribution in [2.45, 2.75) is 13.1 Å². The van der Waals surface area contributed by atoms with E-state index in [1.54, 1.807) is 0 Å². The molecule has 0 aliphatic heterocycles. The summed E-state index contributed by atoms with van der Waals surface area (Å²) in [7, 11) is 0. The predicted molar refractivity (Wildman–Crippen MR) is 66.6 cm³/mol. The Balaban J connectivity index is 2.45. The molecule has 1 aromatic heterocycles. The monoisotopic (exact) mass is 285 g/mol. The predicted octanol–water partition coefficient (Wildman–Crippen LogP) is 3.73. The van der Waals surface area contributed by atoms with Crippen molar-refractivity contribution in [1.82, 2.24) is 9.97 Å². The molecule has 3 nitrogen and oxygen atoms in total. The molecule has 0 aliphatic carbocycles. The molecule has 0 aliphatic rings. The maximum atomic E-state index is 13.2. The zero-order chi connectivity index (χ0) is 14.8. The van der Waals surface area contributed by atoms with Gasteiger partial charge in [-0.05, 0) is 31.2 Å². The zero-order valence-corrected chi connectivity index (χ0v) is 10.5. The average Bonchev–Trinajstić information content (AvgIpc) is 2.38. The van der Waals surface area contributed by atoms with Crippen molar-refractivity contribution < 1.29 is 17.6 Å². The number of alkyl halides is 3. The molecule has 0 saturated carbocycles. The molecule has 20 heavy (non-hydrogen) atoms. The summed E-state index contributed by atoms with van der Waals surface area (Å²) in [4.78, 5) is 8.00. The summed E-state index contributed by atoms with van der Waals surface area (Å²) in [5.41, 5.74) is -0.833. The molecule has 7 heteroatoms. The highest BCUT2D eigenvalue weighted by atomic mass is 19.4. The van der Waals surface area contributed by atoms with Crippen molar-refractivity contribution in [3.05, 3.63) is 41.8 Å². The Bertz CT molecular complexity index is 611. The van der Waals surface area contributed by atoms with E-state index in [1.165, 1.54) is 18.3 Å². The number of hydrogen-bond acceptors (Lipinski definition) is 3. The fraction of sp³-hybridized carbons (Fsp3) is 0.231. The van der Waals surface area contributed by atoms with E-state index in [0.29, 0.717) is 18.2 Å². The van der Waals surface area contributed by atoms with E-state index in [2.05, 4.69) is 15.3 Å². The fourth-order valence-electron chi connectivity index (χ4n) is 1.66. The molecule has 0 spiro atoms. The number of nitrogens with one attached hydrogen (secondary N) is 1. The quantitative estimate of drug-likeness (QED) is 0.873. The van der Waals surface area contributed by atoms with Gasteiger partial charge in [0.15, 0.2) is 0 Å². The van der Waals surface area contributed by atoms with E-state index in [-0.39, 0.29) is 5.56 Å². The van der Waals surface area contributed by atoms with Gasteiger partial charge in [-0.2, -0.15) is 13.2 Å². The molecular formula is C13H11F4N3. The van der Waals surface area contributed by atoms with E-state index in [9.17, 15) is 17.6 Å². The summed E-state index contributed by atoms with van der Waals surface area (Å²) >= 11 is 0. The number of hydrogen-bond donors (Lipinski definition) is 1. The van der Waals surface area contributed by atoms with Crippen LogP contribution in [0.25, 0.3) is 11.3 Å². The fourth-order valence-corrected chi connectivity index (χ4v) is 1.66. The van der Waals surface area contributed by atoms with Crippen molar-refractivity contribution in [3.8, 4) is 11.3 Å². The smallest absolute Gasteiger partial charge is 0.354 e. The topological polar surface area (TPSA) is 37.8 Å². The van der Waals surface area contributed by atoms with E-state index < -0.39 is 17.6 Å². The molecule has 106 valence electrons. The van der Waals surface area contributed by atoms with Gasteiger partial charge in [0, 0.05) is 18.3 Å². The first-order chi connectivity index (χ1) is 9.41. The molecule has 0 amide bonds. The summed E-state index contributed by atoms with van der Waals surface area (Å²) in [6.45, 7) is 2.43. The van der Waals surface area contributed by atoms with Crippen LogP contribution in [-0.4, -0.2) is 16.5 Å². The van der Waals surface area contributed by atoms with Crippen molar-refractivity contribution in [1.29, 1.82) is 0 Å². The summed E-state index contributed by atoms with van der Waals surface area (Å²) in [6, 6.07) is 4.25. The highest BCUT2D eigenvalue weighted by molar-refractivity contribution is 5.61. The second-order valence-corrected chi connectivity index (χ2v) is 3.99. The van der Waals surface area contributed by atoms with E-state index in [1.807, 2.05) is 6.92 Å².